The van der Waals surface area contributed by atoms with Gasteiger partial charge in [0.05, 0.1) is 17.6 Å². The number of fused-ring (bicyclic) bond motifs is 1. The number of rotatable bonds is 5. The van der Waals surface area contributed by atoms with Gasteiger partial charge in [-0.15, -0.1) is 0 Å². The monoisotopic (exact) mass is 282 g/mol. The zero-order valence-corrected chi connectivity index (χ0v) is 12.2. The van der Waals surface area contributed by atoms with Gasteiger partial charge in [-0.3, -0.25) is 0 Å². The van der Waals surface area contributed by atoms with E-state index in [-0.39, 0.29) is 6.10 Å². The third-order valence-corrected chi connectivity index (χ3v) is 3.25. The Kier molecular flexibility index (Phi) is 3.77. The third kappa shape index (κ3) is 2.84. The first-order valence-electron chi connectivity index (χ1n) is 7.11. The first-order valence-corrected chi connectivity index (χ1v) is 7.11. The van der Waals surface area contributed by atoms with E-state index >= 15 is 0 Å². The highest BCUT2D eigenvalue weighted by Crippen LogP contribution is 2.30. The van der Waals surface area contributed by atoms with Gasteiger partial charge in [0.1, 0.15) is 5.82 Å². The zero-order chi connectivity index (χ0) is 14.7. The van der Waals surface area contributed by atoms with Crippen molar-refractivity contribution in [1.29, 1.82) is 0 Å². The lowest BCUT2D eigenvalue weighted by atomic mass is 10.3. The van der Waals surface area contributed by atoms with Crippen LogP contribution in [0.15, 0.2) is 48.5 Å². The average molecular weight is 282 g/mol. The molecular weight excluding hydrogens is 264 g/mol. The van der Waals surface area contributed by atoms with Gasteiger partial charge in [0.25, 0.3) is 0 Å². The first kappa shape index (κ1) is 13.5. The summed E-state index contributed by atoms with van der Waals surface area (Å²) in [6, 6.07) is 15.6. The molecule has 0 spiro atoms. The zero-order valence-electron chi connectivity index (χ0n) is 12.2. The van der Waals surface area contributed by atoms with Crippen LogP contribution in [0.3, 0.4) is 0 Å². The van der Waals surface area contributed by atoms with Gasteiger partial charge in [-0.25, -0.2) is 4.98 Å². The second-order valence-corrected chi connectivity index (χ2v) is 4.78. The highest BCUT2D eigenvalue weighted by Gasteiger charge is 2.14. The number of hydrogen-bond acceptors (Lipinski definition) is 3. The number of aromatic nitrogens is 2. The third-order valence-electron chi connectivity index (χ3n) is 3.25. The van der Waals surface area contributed by atoms with Crippen LogP contribution < -0.4 is 9.47 Å². The Hall–Kier alpha value is -2.49. The molecule has 0 aliphatic rings. The molecule has 0 bridgehead atoms. The van der Waals surface area contributed by atoms with Gasteiger partial charge in [0, 0.05) is 0 Å². The molecule has 0 radical (unpaired) electrons. The maximum atomic E-state index is 5.99. The fraction of sp³-hybridized carbons (Fsp3) is 0.235. The SMILES string of the molecule is CCOc1ccccc1OC(C)c1nc2ccccc2[nH]1. The highest BCUT2D eigenvalue weighted by atomic mass is 16.5. The number of para-hydroxylation sites is 4. The number of H-pyrrole nitrogens is 1. The summed E-state index contributed by atoms with van der Waals surface area (Å²) < 4.78 is 11.6. The summed E-state index contributed by atoms with van der Waals surface area (Å²) in [5, 5.41) is 0. The lowest BCUT2D eigenvalue weighted by Gasteiger charge is -2.15. The standard InChI is InChI=1S/C17H18N2O2/c1-3-20-15-10-6-7-11-16(15)21-12(2)17-18-13-8-4-5-9-14(13)19-17/h4-12H,3H2,1-2H3,(H,18,19). The van der Waals surface area contributed by atoms with E-state index in [0.717, 1.165) is 28.4 Å². The molecule has 1 N–H and O–H groups in total. The fourth-order valence-corrected chi connectivity index (χ4v) is 2.23. The van der Waals surface area contributed by atoms with Crippen LogP contribution in [0.2, 0.25) is 0 Å². The molecule has 0 aliphatic heterocycles. The van der Waals surface area contributed by atoms with Gasteiger partial charge in [0.2, 0.25) is 0 Å². The van der Waals surface area contributed by atoms with E-state index in [1.165, 1.54) is 0 Å². The Labute approximate surface area is 123 Å². The van der Waals surface area contributed by atoms with Crippen LogP contribution in [0.1, 0.15) is 25.8 Å². The van der Waals surface area contributed by atoms with Gasteiger partial charge in [-0.05, 0) is 38.1 Å². The Morgan fingerprint density at radius 2 is 1.76 bits per heavy atom. The van der Waals surface area contributed by atoms with Gasteiger partial charge >= 0.3 is 0 Å². The smallest absolute Gasteiger partial charge is 0.162 e. The molecule has 1 heterocycles. The molecule has 1 aromatic heterocycles. The molecule has 4 heteroatoms. The molecule has 0 saturated carbocycles. The second kappa shape index (κ2) is 5.87. The number of benzene rings is 2. The van der Waals surface area contributed by atoms with E-state index in [2.05, 4.69) is 9.97 Å². The van der Waals surface area contributed by atoms with Crippen LogP contribution in [0, 0.1) is 0 Å². The molecule has 21 heavy (non-hydrogen) atoms. The summed E-state index contributed by atoms with van der Waals surface area (Å²) in [7, 11) is 0. The number of nitrogens with one attached hydrogen (secondary N) is 1. The maximum Gasteiger partial charge on any atom is 0.162 e. The summed E-state index contributed by atoms with van der Waals surface area (Å²) in [6.45, 7) is 4.54. The maximum absolute atomic E-state index is 5.99. The summed E-state index contributed by atoms with van der Waals surface area (Å²) in [4.78, 5) is 7.85. The topological polar surface area (TPSA) is 47.1 Å². The molecular formula is C17H18N2O2. The van der Waals surface area contributed by atoms with Crippen molar-refractivity contribution in [3.8, 4) is 11.5 Å². The number of hydrogen-bond donors (Lipinski definition) is 1. The van der Waals surface area contributed by atoms with Crippen LogP contribution in [0.5, 0.6) is 11.5 Å². The highest BCUT2D eigenvalue weighted by molar-refractivity contribution is 5.74. The number of aromatic amines is 1. The minimum Gasteiger partial charge on any atom is -0.490 e. The van der Waals surface area contributed by atoms with Crippen LogP contribution in [0.25, 0.3) is 11.0 Å². The van der Waals surface area contributed by atoms with E-state index in [9.17, 15) is 0 Å². The Morgan fingerprint density at radius 3 is 2.52 bits per heavy atom. The minimum absolute atomic E-state index is 0.181. The van der Waals surface area contributed by atoms with Crippen LogP contribution in [-0.2, 0) is 0 Å². The van der Waals surface area contributed by atoms with Crippen molar-refractivity contribution in [2.75, 3.05) is 6.61 Å². The molecule has 108 valence electrons. The van der Waals surface area contributed by atoms with E-state index < -0.39 is 0 Å². The molecule has 4 nitrogen and oxygen atoms in total. The van der Waals surface area contributed by atoms with E-state index in [1.807, 2.05) is 62.4 Å². The van der Waals surface area contributed by atoms with Crippen molar-refractivity contribution in [1.82, 2.24) is 9.97 Å². The van der Waals surface area contributed by atoms with Crippen molar-refractivity contribution in [3.63, 3.8) is 0 Å². The molecule has 2 aromatic carbocycles. The first-order chi connectivity index (χ1) is 10.3. The Morgan fingerprint density at radius 1 is 1.05 bits per heavy atom. The van der Waals surface area contributed by atoms with Crippen LogP contribution in [-0.4, -0.2) is 16.6 Å². The summed E-state index contributed by atoms with van der Waals surface area (Å²) in [5.74, 6) is 2.29. The van der Waals surface area contributed by atoms with E-state index in [0.29, 0.717) is 6.61 Å². The average Bonchev–Trinajstić information content (AvgIpc) is 2.93. The number of ether oxygens (including phenoxy) is 2. The van der Waals surface area contributed by atoms with Crippen molar-refractivity contribution >= 4 is 11.0 Å². The van der Waals surface area contributed by atoms with Gasteiger partial charge in [0.15, 0.2) is 17.6 Å². The Balaban J connectivity index is 1.84. The van der Waals surface area contributed by atoms with Gasteiger partial charge < -0.3 is 14.5 Å². The minimum atomic E-state index is -0.181. The van der Waals surface area contributed by atoms with Crippen LogP contribution in [0.4, 0.5) is 0 Å². The summed E-state index contributed by atoms with van der Waals surface area (Å²) >= 11 is 0. The predicted octanol–water partition coefficient (Wildman–Crippen LogP) is 4.10. The second-order valence-electron chi connectivity index (χ2n) is 4.78. The lowest BCUT2D eigenvalue weighted by Crippen LogP contribution is -2.06. The van der Waals surface area contributed by atoms with Crippen molar-refractivity contribution in [2.24, 2.45) is 0 Å². The fourth-order valence-electron chi connectivity index (χ4n) is 2.23. The normalized spacial score (nSPS) is 12.3. The largest absolute Gasteiger partial charge is 0.490 e. The van der Waals surface area contributed by atoms with Crippen LogP contribution >= 0.6 is 0 Å². The predicted molar refractivity (Wildman–Crippen MR) is 82.7 cm³/mol. The Bertz CT molecular complexity index is 703. The van der Waals surface area contributed by atoms with Gasteiger partial charge in [-0.2, -0.15) is 0 Å². The summed E-state index contributed by atoms with van der Waals surface area (Å²) in [5.41, 5.74) is 1.96. The van der Waals surface area contributed by atoms with Crippen molar-refractivity contribution in [3.05, 3.63) is 54.4 Å². The number of imidazole rings is 1. The number of nitrogens with zero attached hydrogens (tertiary/aromatic N) is 1. The lowest BCUT2D eigenvalue weighted by molar-refractivity contribution is 0.203. The van der Waals surface area contributed by atoms with E-state index in [4.69, 9.17) is 9.47 Å². The molecule has 0 fully saturated rings. The van der Waals surface area contributed by atoms with E-state index in [1.54, 1.807) is 0 Å². The molecule has 0 aliphatic carbocycles. The van der Waals surface area contributed by atoms with Gasteiger partial charge in [-0.1, -0.05) is 24.3 Å². The molecule has 0 amide bonds. The molecule has 1 unspecified atom stereocenters. The molecule has 0 saturated heterocycles. The van der Waals surface area contributed by atoms with Crippen molar-refractivity contribution in [2.45, 2.75) is 20.0 Å². The molecule has 3 rings (SSSR count). The quantitative estimate of drug-likeness (QED) is 0.766. The molecule has 1 atom stereocenters. The van der Waals surface area contributed by atoms with Crippen molar-refractivity contribution < 1.29 is 9.47 Å². The summed E-state index contributed by atoms with van der Waals surface area (Å²) in [6.07, 6.45) is -0.181. The molecule has 3 aromatic rings.